The molecule has 3 heterocycles. The first-order chi connectivity index (χ1) is 13.1. The number of pyridine rings is 1. The minimum atomic E-state index is -0.411. The third-order valence-corrected chi connectivity index (χ3v) is 5.86. The first kappa shape index (κ1) is 17.9. The van der Waals surface area contributed by atoms with Crippen LogP contribution in [0.3, 0.4) is 0 Å². The highest BCUT2D eigenvalue weighted by Crippen LogP contribution is 2.42. The van der Waals surface area contributed by atoms with Gasteiger partial charge in [0, 0.05) is 38.4 Å². The molecule has 0 N–H and O–H groups in total. The van der Waals surface area contributed by atoms with E-state index in [1.807, 2.05) is 42.3 Å². The number of hydrogen-bond donors (Lipinski definition) is 0. The third kappa shape index (κ3) is 3.09. The molecular formula is C21H25N3O3. The number of rotatable bonds is 4. The lowest BCUT2D eigenvalue weighted by atomic mass is 9.76. The molecule has 2 atom stereocenters. The van der Waals surface area contributed by atoms with Gasteiger partial charge >= 0.3 is 0 Å². The van der Waals surface area contributed by atoms with Crippen LogP contribution in [0.5, 0.6) is 5.88 Å². The van der Waals surface area contributed by atoms with E-state index in [9.17, 15) is 4.79 Å². The average molecular weight is 367 g/mol. The number of likely N-dealkylation sites (tertiary alicyclic amines) is 1. The number of carbonyl (C=O) groups excluding carboxylic acids is 1. The maximum atomic E-state index is 12.4. The second-order valence-electron chi connectivity index (χ2n) is 7.20. The standard InChI is InChI=1S/C21H25N3O3/c1-23-19(25)15-27-18-14-24(13-16-7-6-11-22-20(16)26-2)12-10-21(18,23)17-8-4-3-5-9-17/h3-9,11,18H,10,12-15H2,1-2H3/t18-,21+/m1/s1. The van der Waals surface area contributed by atoms with Crippen molar-refractivity contribution in [1.29, 1.82) is 0 Å². The highest BCUT2D eigenvalue weighted by Gasteiger charge is 2.52. The lowest BCUT2D eigenvalue weighted by molar-refractivity contribution is -0.183. The molecule has 0 spiro atoms. The summed E-state index contributed by atoms with van der Waals surface area (Å²) < 4.78 is 11.5. The van der Waals surface area contributed by atoms with E-state index in [1.54, 1.807) is 13.3 Å². The number of fused-ring (bicyclic) bond motifs is 1. The number of benzene rings is 1. The summed E-state index contributed by atoms with van der Waals surface area (Å²) in [7, 11) is 3.55. The molecule has 27 heavy (non-hydrogen) atoms. The number of hydrogen-bond acceptors (Lipinski definition) is 5. The van der Waals surface area contributed by atoms with Crippen molar-refractivity contribution in [3.63, 3.8) is 0 Å². The Hall–Kier alpha value is -2.44. The number of likely N-dealkylation sites (N-methyl/N-ethyl adjacent to an activating group) is 1. The van der Waals surface area contributed by atoms with Gasteiger partial charge < -0.3 is 14.4 Å². The summed E-state index contributed by atoms with van der Waals surface area (Å²) in [6, 6.07) is 14.2. The second-order valence-corrected chi connectivity index (χ2v) is 7.20. The number of methoxy groups -OCH3 is 1. The van der Waals surface area contributed by atoms with E-state index in [0.717, 1.165) is 37.2 Å². The van der Waals surface area contributed by atoms with E-state index in [2.05, 4.69) is 22.0 Å². The van der Waals surface area contributed by atoms with Crippen LogP contribution in [0, 0.1) is 0 Å². The maximum Gasteiger partial charge on any atom is 0.249 e. The zero-order valence-electron chi connectivity index (χ0n) is 15.8. The Morgan fingerprint density at radius 2 is 2.07 bits per heavy atom. The Labute approximate surface area is 159 Å². The van der Waals surface area contributed by atoms with Gasteiger partial charge in [-0.25, -0.2) is 4.98 Å². The third-order valence-electron chi connectivity index (χ3n) is 5.86. The number of piperidine rings is 1. The van der Waals surface area contributed by atoms with E-state index in [0.29, 0.717) is 5.88 Å². The molecule has 0 bridgehead atoms. The van der Waals surface area contributed by atoms with Crippen LogP contribution in [-0.2, 0) is 21.6 Å². The molecule has 1 aromatic carbocycles. The van der Waals surface area contributed by atoms with Gasteiger partial charge in [-0.2, -0.15) is 0 Å². The van der Waals surface area contributed by atoms with Crippen LogP contribution < -0.4 is 4.74 Å². The molecule has 6 nitrogen and oxygen atoms in total. The molecule has 4 rings (SSSR count). The summed E-state index contributed by atoms with van der Waals surface area (Å²) in [4.78, 5) is 21.0. The Kier molecular flexibility index (Phi) is 4.85. The Morgan fingerprint density at radius 3 is 2.85 bits per heavy atom. The molecule has 2 aliphatic rings. The number of amides is 1. The molecular weight excluding hydrogens is 342 g/mol. The summed E-state index contributed by atoms with van der Waals surface area (Å²) in [5.74, 6) is 0.701. The first-order valence-electron chi connectivity index (χ1n) is 9.29. The van der Waals surface area contributed by atoms with E-state index >= 15 is 0 Å². The van der Waals surface area contributed by atoms with Crippen molar-refractivity contribution in [1.82, 2.24) is 14.8 Å². The van der Waals surface area contributed by atoms with Gasteiger partial charge in [0.25, 0.3) is 0 Å². The van der Waals surface area contributed by atoms with E-state index < -0.39 is 5.54 Å². The van der Waals surface area contributed by atoms with Gasteiger partial charge in [-0.15, -0.1) is 0 Å². The van der Waals surface area contributed by atoms with Crippen LogP contribution in [-0.4, -0.2) is 60.6 Å². The minimum absolute atomic E-state index is 0.0393. The summed E-state index contributed by atoms with van der Waals surface area (Å²) in [5, 5.41) is 0. The van der Waals surface area contributed by atoms with Crippen LogP contribution >= 0.6 is 0 Å². The Morgan fingerprint density at radius 1 is 1.26 bits per heavy atom. The number of morpholine rings is 1. The number of carbonyl (C=O) groups is 1. The number of nitrogens with zero attached hydrogens (tertiary/aromatic N) is 3. The van der Waals surface area contributed by atoms with Crippen LogP contribution in [0.25, 0.3) is 0 Å². The van der Waals surface area contributed by atoms with Gasteiger partial charge in [-0.3, -0.25) is 9.69 Å². The van der Waals surface area contributed by atoms with Gasteiger partial charge in [0.15, 0.2) is 0 Å². The molecule has 142 valence electrons. The molecule has 2 fully saturated rings. The summed E-state index contributed by atoms with van der Waals surface area (Å²) in [6.07, 6.45) is 2.50. The van der Waals surface area contributed by atoms with Gasteiger partial charge in [-0.1, -0.05) is 36.4 Å². The molecule has 2 aromatic rings. The minimum Gasteiger partial charge on any atom is -0.481 e. The predicted octanol–water partition coefficient (Wildman–Crippen LogP) is 2.05. The molecule has 6 heteroatoms. The topological polar surface area (TPSA) is 54.9 Å². The van der Waals surface area contributed by atoms with Crippen LogP contribution in [0.2, 0.25) is 0 Å². The zero-order valence-corrected chi connectivity index (χ0v) is 15.8. The van der Waals surface area contributed by atoms with Gasteiger partial charge in [0.1, 0.15) is 6.61 Å². The Balaban J connectivity index is 1.61. The van der Waals surface area contributed by atoms with Gasteiger partial charge in [-0.05, 0) is 18.1 Å². The smallest absolute Gasteiger partial charge is 0.249 e. The predicted molar refractivity (Wildman–Crippen MR) is 101 cm³/mol. The molecule has 0 aliphatic carbocycles. The first-order valence-corrected chi connectivity index (χ1v) is 9.29. The van der Waals surface area contributed by atoms with Crippen molar-refractivity contribution in [3.8, 4) is 5.88 Å². The van der Waals surface area contributed by atoms with Crippen molar-refractivity contribution >= 4 is 5.91 Å². The number of aromatic nitrogens is 1. The number of ether oxygens (including phenoxy) is 2. The normalized spacial score (nSPS) is 25.9. The molecule has 1 amide bonds. The lowest BCUT2D eigenvalue weighted by Crippen LogP contribution is -2.66. The lowest BCUT2D eigenvalue weighted by Gasteiger charge is -2.54. The van der Waals surface area contributed by atoms with Crippen molar-refractivity contribution in [2.24, 2.45) is 0 Å². The SMILES string of the molecule is COc1ncccc1CN1CC[C@]2(c3ccccc3)[C@@H](C1)OCC(=O)N2C. The largest absolute Gasteiger partial charge is 0.481 e. The van der Waals surface area contributed by atoms with Crippen molar-refractivity contribution in [2.45, 2.75) is 24.6 Å². The quantitative estimate of drug-likeness (QED) is 0.828. The second kappa shape index (κ2) is 7.29. The van der Waals surface area contributed by atoms with Crippen LogP contribution in [0.1, 0.15) is 17.5 Å². The van der Waals surface area contributed by atoms with Crippen LogP contribution in [0.15, 0.2) is 48.7 Å². The van der Waals surface area contributed by atoms with Gasteiger partial charge in [0.05, 0.1) is 18.8 Å². The molecule has 2 aliphatic heterocycles. The molecule has 0 radical (unpaired) electrons. The fourth-order valence-corrected chi connectivity index (χ4v) is 4.40. The highest BCUT2D eigenvalue weighted by atomic mass is 16.5. The van der Waals surface area contributed by atoms with E-state index in [4.69, 9.17) is 9.47 Å². The maximum absolute atomic E-state index is 12.4. The fourth-order valence-electron chi connectivity index (χ4n) is 4.40. The molecule has 0 saturated carbocycles. The monoisotopic (exact) mass is 367 g/mol. The van der Waals surface area contributed by atoms with Gasteiger partial charge in [0.2, 0.25) is 11.8 Å². The van der Waals surface area contributed by atoms with E-state index in [-0.39, 0.29) is 18.6 Å². The van der Waals surface area contributed by atoms with E-state index in [1.165, 1.54) is 0 Å². The average Bonchev–Trinajstić information content (AvgIpc) is 2.72. The highest BCUT2D eigenvalue weighted by molar-refractivity contribution is 5.79. The molecule has 1 aromatic heterocycles. The summed E-state index contributed by atoms with van der Waals surface area (Å²) >= 11 is 0. The molecule has 2 saturated heterocycles. The van der Waals surface area contributed by atoms with Crippen molar-refractivity contribution in [2.75, 3.05) is 33.9 Å². The zero-order chi connectivity index (χ0) is 18.9. The van der Waals surface area contributed by atoms with Crippen molar-refractivity contribution in [3.05, 3.63) is 59.8 Å². The summed E-state index contributed by atoms with van der Waals surface area (Å²) in [6.45, 7) is 2.51. The summed E-state index contributed by atoms with van der Waals surface area (Å²) in [5.41, 5.74) is 1.79. The van der Waals surface area contributed by atoms with Crippen molar-refractivity contribution < 1.29 is 14.3 Å². The Bertz CT molecular complexity index is 813. The fraction of sp³-hybridized carbons (Fsp3) is 0.429. The molecule has 0 unspecified atom stereocenters. The van der Waals surface area contributed by atoms with Crippen LogP contribution in [0.4, 0.5) is 0 Å².